The molecular weight excluding hydrogens is 596 g/mol. The van der Waals surface area contributed by atoms with Crippen LogP contribution in [0.3, 0.4) is 0 Å². The van der Waals surface area contributed by atoms with Crippen molar-refractivity contribution < 1.29 is 18.8 Å². The molecule has 3 N–H and O–H groups in total. The Morgan fingerprint density at radius 2 is 1.55 bits per heavy atom. The van der Waals surface area contributed by atoms with Crippen LogP contribution in [0.4, 0.5) is 15.8 Å². The van der Waals surface area contributed by atoms with Gasteiger partial charge in [0.2, 0.25) is 5.91 Å². The Morgan fingerprint density at radius 3 is 2.29 bits per heavy atom. The van der Waals surface area contributed by atoms with Crippen molar-refractivity contribution in [3.05, 3.63) is 129 Å². The van der Waals surface area contributed by atoms with E-state index in [4.69, 9.17) is 23.2 Å². The van der Waals surface area contributed by atoms with Crippen LogP contribution in [0.5, 0.6) is 0 Å². The number of hydrogen-bond acceptors (Lipinski definition) is 4. The van der Waals surface area contributed by atoms with Crippen LogP contribution in [-0.2, 0) is 9.59 Å². The van der Waals surface area contributed by atoms with Gasteiger partial charge in [0.05, 0.1) is 10.3 Å². The number of amides is 3. The van der Waals surface area contributed by atoms with Crippen LogP contribution in [0.2, 0.25) is 10.0 Å². The van der Waals surface area contributed by atoms with Crippen molar-refractivity contribution in [2.24, 2.45) is 0 Å². The minimum absolute atomic E-state index is 0.0447. The number of carbonyl (C=O) groups excluding carboxylic acids is 3. The summed E-state index contributed by atoms with van der Waals surface area (Å²) in [4.78, 5) is 39.8. The highest BCUT2D eigenvalue weighted by atomic mass is 35.5. The van der Waals surface area contributed by atoms with E-state index in [1.165, 1.54) is 36.0 Å². The smallest absolute Gasteiger partial charge is 0.272 e. The molecule has 3 amide bonds. The lowest BCUT2D eigenvalue weighted by atomic mass is 10.1. The van der Waals surface area contributed by atoms with Gasteiger partial charge in [0, 0.05) is 32.4 Å². The molecule has 0 aliphatic carbocycles. The van der Waals surface area contributed by atoms with Gasteiger partial charge in [-0.3, -0.25) is 14.4 Å². The Hall–Kier alpha value is -4.11. The fraction of sp³-hybridized carbons (Fsp3) is 0.0938. The fourth-order valence-corrected chi connectivity index (χ4v) is 5.13. The quantitative estimate of drug-likeness (QED) is 0.131. The topological polar surface area (TPSA) is 87.3 Å². The summed E-state index contributed by atoms with van der Waals surface area (Å²) in [5.41, 5.74) is 1.87. The first kappa shape index (κ1) is 30.8. The number of hydrogen-bond donors (Lipinski definition) is 3. The van der Waals surface area contributed by atoms with Crippen molar-refractivity contribution in [2.45, 2.75) is 24.0 Å². The maximum absolute atomic E-state index is 14.6. The number of thioether (sulfide) groups is 1. The average molecular weight is 623 g/mol. The molecule has 10 heteroatoms. The minimum atomic E-state index is -0.692. The lowest BCUT2D eigenvalue weighted by molar-refractivity contribution is -0.115. The summed E-state index contributed by atoms with van der Waals surface area (Å²) < 4.78 is 14.6. The molecule has 0 aromatic heterocycles. The van der Waals surface area contributed by atoms with Crippen LogP contribution in [0, 0.1) is 12.7 Å². The Labute approximate surface area is 257 Å². The first-order valence-corrected chi connectivity index (χ1v) is 14.4. The van der Waals surface area contributed by atoms with Crippen molar-refractivity contribution in [1.82, 2.24) is 5.32 Å². The Bertz CT molecular complexity index is 1640. The molecule has 1 atom stereocenters. The summed E-state index contributed by atoms with van der Waals surface area (Å²) in [6, 6.07) is 24.6. The molecule has 4 rings (SSSR count). The molecule has 4 aromatic carbocycles. The molecule has 1 unspecified atom stereocenters. The zero-order valence-electron chi connectivity index (χ0n) is 22.6. The van der Waals surface area contributed by atoms with Crippen LogP contribution < -0.4 is 16.0 Å². The average Bonchev–Trinajstić information content (AvgIpc) is 2.97. The van der Waals surface area contributed by atoms with E-state index in [9.17, 15) is 18.8 Å². The second kappa shape index (κ2) is 14.2. The zero-order chi connectivity index (χ0) is 30.2. The summed E-state index contributed by atoms with van der Waals surface area (Å²) in [6.07, 6.45) is 1.19. The molecule has 214 valence electrons. The van der Waals surface area contributed by atoms with E-state index in [0.29, 0.717) is 26.9 Å². The lowest BCUT2D eigenvalue weighted by Crippen LogP contribution is -2.30. The summed E-state index contributed by atoms with van der Waals surface area (Å²) in [7, 11) is 0. The number of benzene rings is 4. The van der Waals surface area contributed by atoms with Gasteiger partial charge in [0.1, 0.15) is 11.5 Å². The van der Waals surface area contributed by atoms with Crippen molar-refractivity contribution in [1.29, 1.82) is 0 Å². The van der Waals surface area contributed by atoms with E-state index in [1.807, 2.05) is 13.0 Å². The van der Waals surface area contributed by atoms with Crippen molar-refractivity contribution >= 4 is 70.1 Å². The lowest BCUT2D eigenvalue weighted by Gasteiger charge is -2.15. The predicted molar refractivity (Wildman–Crippen MR) is 169 cm³/mol. The molecule has 42 heavy (non-hydrogen) atoms. The van der Waals surface area contributed by atoms with Gasteiger partial charge in [-0.25, -0.2) is 4.39 Å². The molecule has 0 heterocycles. The van der Waals surface area contributed by atoms with E-state index in [1.54, 1.807) is 73.7 Å². The molecule has 0 aliphatic rings. The normalized spacial score (nSPS) is 11.9. The largest absolute Gasteiger partial charge is 0.325 e. The summed E-state index contributed by atoms with van der Waals surface area (Å²) in [5, 5.41) is 8.36. The first-order chi connectivity index (χ1) is 20.1. The number of anilines is 2. The fourth-order valence-electron chi connectivity index (χ4n) is 3.82. The molecular formula is C32H26Cl2FN3O3S. The second-order valence-electron chi connectivity index (χ2n) is 9.16. The third-order valence-electron chi connectivity index (χ3n) is 6.12. The van der Waals surface area contributed by atoms with E-state index >= 15 is 0 Å². The first-order valence-electron chi connectivity index (χ1n) is 12.8. The van der Waals surface area contributed by atoms with Gasteiger partial charge in [-0.15, -0.1) is 11.8 Å². The van der Waals surface area contributed by atoms with Gasteiger partial charge in [0.15, 0.2) is 0 Å². The summed E-state index contributed by atoms with van der Waals surface area (Å²) in [5.74, 6) is -2.11. The highest BCUT2D eigenvalue weighted by molar-refractivity contribution is 8.00. The Kier molecular flexibility index (Phi) is 10.4. The van der Waals surface area contributed by atoms with Gasteiger partial charge in [-0.05, 0) is 80.1 Å². The van der Waals surface area contributed by atoms with Crippen LogP contribution >= 0.6 is 35.0 Å². The maximum Gasteiger partial charge on any atom is 0.272 e. The van der Waals surface area contributed by atoms with E-state index in [-0.39, 0.29) is 22.2 Å². The van der Waals surface area contributed by atoms with E-state index in [2.05, 4.69) is 16.0 Å². The molecule has 0 bridgehead atoms. The van der Waals surface area contributed by atoms with Crippen LogP contribution in [0.15, 0.2) is 102 Å². The second-order valence-corrected chi connectivity index (χ2v) is 11.4. The molecule has 0 spiro atoms. The van der Waals surface area contributed by atoms with E-state index in [0.717, 1.165) is 5.56 Å². The highest BCUT2D eigenvalue weighted by Gasteiger charge is 2.19. The number of nitrogens with one attached hydrogen (secondary N) is 3. The van der Waals surface area contributed by atoms with Gasteiger partial charge >= 0.3 is 0 Å². The van der Waals surface area contributed by atoms with Crippen LogP contribution in [0.1, 0.15) is 28.4 Å². The number of rotatable bonds is 9. The Morgan fingerprint density at radius 1 is 0.857 bits per heavy atom. The van der Waals surface area contributed by atoms with Crippen LogP contribution in [0.25, 0.3) is 6.08 Å². The monoisotopic (exact) mass is 621 g/mol. The van der Waals surface area contributed by atoms with Crippen molar-refractivity contribution in [2.75, 3.05) is 10.6 Å². The predicted octanol–water partition coefficient (Wildman–Crippen LogP) is 7.97. The standard InChI is InChI=1S/C32H26Cl2FN3O3S/c1-19-25(33)13-8-16-28(19)37-30(39)20(2)42-23-12-6-11-22(17-23)36-32(41)29(18-24-26(34)14-7-15-27(24)35)38-31(40)21-9-4-3-5-10-21/h3-18,20H,1-2H3,(H,36,41)(H,37,39)(H,38,40)/b29-18+. The molecule has 0 radical (unpaired) electrons. The van der Waals surface area contributed by atoms with E-state index < -0.39 is 22.9 Å². The molecule has 0 saturated heterocycles. The van der Waals surface area contributed by atoms with Gasteiger partial charge in [0.25, 0.3) is 11.8 Å². The number of halogens is 3. The van der Waals surface area contributed by atoms with Crippen LogP contribution in [-0.4, -0.2) is 23.0 Å². The SMILES string of the molecule is Cc1c(Cl)cccc1NC(=O)C(C)Sc1cccc(NC(=O)/C(=C\c2c(F)cccc2Cl)NC(=O)c2ccccc2)c1. The molecule has 0 fully saturated rings. The highest BCUT2D eigenvalue weighted by Crippen LogP contribution is 2.29. The third-order valence-corrected chi connectivity index (χ3v) is 7.95. The van der Waals surface area contributed by atoms with Gasteiger partial charge in [-0.1, -0.05) is 59.6 Å². The molecule has 4 aromatic rings. The third kappa shape index (κ3) is 8.00. The zero-order valence-corrected chi connectivity index (χ0v) is 24.9. The summed E-state index contributed by atoms with van der Waals surface area (Å²) in [6.45, 7) is 3.59. The minimum Gasteiger partial charge on any atom is -0.325 e. The molecule has 6 nitrogen and oxygen atoms in total. The maximum atomic E-state index is 14.6. The van der Waals surface area contributed by atoms with Gasteiger partial charge in [-0.2, -0.15) is 0 Å². The summed E-state index contributed by atoms with van der Waals surface area (Å²) >= 11 is 13.6. The molecule has 0 saturated carbocycles. The molecule has 0 aliphatic heterocycles. The Balaban J connectivity index is 1.52. The van der Waals surface area contributed by atoms with Gasteiger partial charge < -0.3 is 16.0 Å². The number of carbonyl (C=O) groups is 3. The van der Waals surface area contributed by atoms with Crippen molar-refractivity contribution in [3.8, 4) is 0 Å². The van der Waals surface area contributed by atoms with Crippen molar-refractivity contribution in [3.63, 3.8) is 0 Å².